The molecule has 0 fully saturated rings. The Kier molecular flexibility index (Phi) is 4.94. The lowest BCUT2D eigenvalue weighted by Gasteiger charge is -2.10. The third-order valence-corrected chi connectivity index (χ3v) is 2.34. The van der Waals surface area contributed by atoms with Crippen molar-refractivity contribution in [3.63, 3.8) is 0 Å². The van der Waals surface area contributed by atoms with Crippen LogP contribution in [0, 0.1) is 5.82 Å². The first-order valence-corrected chi connectivity index (χ1v) is 5.81. The van der Waals surface area contributed by atoms with Crippen LogP contribution in [0.3, 0.4) is 0 Å². The van der Waals surface area contributed by atoms with Gasteiger partial charge in [0.25, 0.3) is 0 Å². The molecule has 1 amide bonds. The highest BCUT2D eigenvalue weighted by molar-refractivity contribution is 9.09. The van der Waals surface area contributed by atoms with E-state index < -0.39 is 17.9 Å². The Morgan fingerprint density at radius 2 is 2.06 bits per heavy atom. The second-order valence-electron chi connectivity index (χ2n) is 3.22. The monoisotopic (exact) mass is 329 g/mol. The average Bonchev–Trinajstić information content (AvgIpc) is 2.27. The molecule has 0 aliphatic heterocycles. The van der Waals surface area contributed by atoms with Crippen LogP contribution in [0.15, 0.2) is 18.2 Å². The molecule has 18 heavy (non-hydrogen) atoms. The van der Waals surface area contributed by atoms with Crippen LogP contribution in [-0.4, -0.2) is 17.6 Å². The largest absolute Gasteiger partial charge is 0.573 e. The zero-order chi connectivity index (χ0) is 13.8. The van der Waals surface area contributed by atoms with Crippen molar-refractivity contribution in [1.29, 1.82) is 0 Å². The van der Waals surface area contributed by atoms with Crippen molar-refractivity contribution < 1.29 is 27.1 Å². The molecule has 1 aromatic carbocycles. The predicted octanol–water partition coefficient (Wildman–Crippen LogP) is 2.74. The van der Waals surface area contributed by atoms with Crippen molar-refractivity contribution in [2.45, 2.75) is 12.9 Å². The van der Waals surface area contributed by atoms with E-state index in [9.17, 15) is 22.4 Å². The van der Waals surface area contributed by atoms with Gasteiger partial charge < -0.3 is 10.1 Å². The Labute approximate surface area is 108 Å². The van der Waals surface area contributed by atoms with Crippen molar-refractivity contribution in [3.05, 3.63) is 29.6 Å². The molecule has 0 saturated carbocycles. The normalized spacial score (nSPS) is 11.2. The molecule has 0 heterocycles. The fourth-order valence-corrected chi connectivity index (χ4v) is 1.31. The van der Waals surface area contributed by atoms with E-state index in [0.717, 1.165) is 12.1 Å². The number of hydrogen-bond donors (Lipinski definition) is 1. The molecule has 0 atom stereocenters. The van der Waals surface area contributed by atoms with E-state index in [1.54, 1.807) is 0 Å². The number of nitrogens with one attached hydrogen (secondary N) is 1. The second-order valence-corrected chi connectivity index (χ2v) is 3.78. The lowest BCUT2D eigenvalue weighted by Crippen LogP contribution is -2.23. The first-order chi connectivity index (χ1) is 8.31. The summed E-state index contributed by atoms with van der Waals surface area (Å²) in [7, 11) is 0. The van der Waals surface area contributed by atoms with Crippen LogP contribution in [0.25, 0.3) is 0 Å². The smallest absolute Gasteiger partial charge is 0.403 e. The van der Waals surface area contributed by atoms with Gasteiger partial charge in [-0.05, 0) is 17.7 Å². The maximum atomic E-state index is 13.2. The van der Waals surface area contributed by atoms with Crippen molar-refractivity contribution in [1.82, 2.24) is 5.32 Å². The van der Waals surface area contributed by atoms with Gasteiger partial charge in [0.2, 0.25) is 5.91 Å². The highest BCUT2D eigenvalue weighted by atomic mass is 79.9. The predicted molar refractivity (Wildman–Crippen MR) is 58.7 cm³/mol. The lowest BCUT2D eigenvalue weighted by molar-refractivity contribution is -0.275. The first-order valence-electron chi connectivity index (χ1n) is 4.68. The Morgan fingerprint density at radius 3 is 2.56 bits per heavy atom. The SMILES string of the molecule is O=C(CBr)NCc1ccc(OC(F)(F)F)c(F)c1. The third-order valence-electron chi connectivity index (χ3n) is 1.83. The van der Waals surface area contributed by atoms with E-state index in [-0.39, 0.29) is 17.8 Å². The summed E-state index contributed by atoms with van der Waals surface area (Å²) in [4.78, 5) is 10.9. The number of rotatable bonds is 4. The summed E-state index contributed by atoms with van der Waals surface area (Å²) < 4.78 is 52.3. The Morgan fingerprint density at radius 1 is 1.39 bits per heavy atom. The van der Waals surface area contributed by atoms with Crippen LogP contribution < -0.4 is 10.1 Å². The summed E-state index contributed by atoms with van der Waals surface area (Å²) >= 11 is 2.92. The molecule has 0 aliphatic carbocycles. The summed E-state index contributed by atoms with van der Waals surface area (Å²) in [5.41, 5.74) is 0.330. The maximum absolute atomic E-state index is 13.2. The standard InChI is InChI=1S/C10H8BrF4NO2/c11-4-9(17)16-5-6-1-2-8(7(12)3-6)18-10(13,14)15/h1-3H,4-5H2,(H,16,17). The molecule has 0 radical (unpaired) electrons. The number of benzene rings is 1. The fraction of sp³-hybridized carbons (Fsp3) is 0.300. The van der Waals surface area contributed by atoms with Gasteiger partial charge in [-0.2, -0.15) is 0 Å². The highest BCUT2D eigenvalue weighted by Crippen LogP contribution is 2.25. The third kappa shape index (κ3) is 4.91. The maximum Gasteiger partial charge on any atom is 0.573 e. The number of carbonyl (C=O) groups is 1. The van der Waals surface area contributed by atoms with Gasteiger partial charge in [-0.1, -0.05) is 22.0 Å². The van der Waals surface area contributed by atoms with E-state index in [0.29, 0.717) is 5.56 Å². The molecule has 0 aromatic heterocycles. The number of halogens is 5. The van der Waals surface area contributed by atoms with Crippen molar-refractivity contribution in [2.24, 2.45) is 0 Å². The minimum Gasteiger partial charge on any atom is -0.403 e. The van der Waals surface area contributed by atoms with Gasteiger partial charge in [-0.15, -0.1) is 13.2 Å². The lowest BCUT2D eigenvalue weighted by atomic mass is 10.2. The van der Waals surface area contributed by atoms with Gasteiger partial charge in [0, 0.05) is 6.54 Å². The second kappa shape index (κ2) is 6.03. The molecular weight excluding hydrogens is 322 g/mol. The van der Waals surface area contributed by atoms with Crippen molar-refractivity contribution >= 4 is 21.8 Å². The minimum absolute atomic E-state index is 0.0215. The van der Waals surface area contributed by atoms with Gasteiger partial charge >= 0.3 is 6.36 Å². The molecule has 100 valence electrons. The summed E-state index contributed by atoms with van der Waals surface area (Å²) in [6, 6.07) is 2.96. The van der Waals surface area contributed by atoms with Crippen LogP contribution in [0.4, 0.5) is 17.6 Å². The fourth-order valence-electron chi connectivity index (χ4n) is 1.11. The molecule has 0 aliphatic rings. The van der Waals surface area contributed by atoms with Crippen LogP contribution in [0.2, 0.25) is 0 Å². The Bertz CT molecular complexity index is 436. The van der Waals surface area contributed by atoms with E-state index in [4.69, 9.17) is 0 Å². The quantitative estimate of drug-likeness (QED) is 0.681. The van der Waals surface area contributed by atoms with Crippen LogP contribution in [-0.2, 0) is 11.3 Å². The van der Waals surface area contributed by atoms with Crippen LogP contribution in [0.5, 0.6) is 5.75 Å². The number of carbonyl (C=O) groups excluding carboxylic acids is 1. The summed E-state index contributed by atoms with van der Waals surface area (Å²) in [5.74, 6) is -2.36. The molecule has 0 saturated heterocycles. The molecule has 0 unspecified atom stereocenters. The number of alkyl halides is 4. The van der Waals surface area contributed by atoms with Crippen LogP contribution in [0.1, 0.15) is 5.56 Å². The number of hydrogen-bond acceptors (Lipinski definition) is 2. The van der Waals surface area contributed by atoms with E-state index in [1.807, 2.05) is 0 Å². The highest BCUT2D eigenvalue weighted by Gasteiger charge is 2.32. The number of ether oxygens (including phenoxy) is 1. The van der Waals surface area contributed by atoms with Crippen molar-refractivity contribution in [3.8, 4) is 5.75 Å². The number of amides is 1. The summed E-state index contributed by atoms with van der Waals surface area (Å²) in [6.45, 7) is 0.0215. The topological polar surface area (TPSA) is 38.3 Å². The summed E-state index contributed by atoms with van der Waals surface area (Å²) in [6.07, 6.45) is -4.94. The Balaban J connectivity index is 2.70. The van der Waals surface area contributed by atoms with Gasteiger partial charge in [-0.3, -0.25) is 4.79 Å². The molecule has 0 spiro atoms. The Hall–Kier alpha value is -1.31. The molecular formula is C10H8BrF4NO2. The van der Waals surface area contributed by atoms with E-state index in [2.05, 4.69) is 26.0 Å². The molecule has 0 bridgehead atoms. The molecule has 1 rings (SSSR count). The van der Waals surface area contributed by atoms with E-state index >= 15 is 0 Å². The van der Waals surface area contributed by atoms with Gasteiger partial charge in [0.05, 0.1) is 5.33 Å². The molecule has 1 N–H and O–H groups in total. The molecule has 8 heteroatoms. The summed E-state index contributed by atoms with van der Waals surface area (Å²) in [5, 5.41) is 2.52. The van der Waals surface area contributed by atoms with Gasteiger partial charge in [0.1, 0.15) is 0 Å². The molecule has 1 aromatic rings. The zero-order valence-electron chi connectivity index (χ0n) is 8.85. The van der Waals surface area contributed by atoms with Crippen LogP contribution >= 0.6 is 15.9 Å². The molecule has 3 nitrogen and oxygen atoms in total. The first kappa shape index (κ1) is 14.7. The van der Waals surface area contributed by atoms with Gasteiger partial charge in [-0.25, -0.2) is 4.39 Å². The zero-order valence-corrected chi connectivity index (χ0v) is 10.4. The minimum atomic E-state index is -4.94. The van der Waals surface area contributed by atoms with E-state index in [1.165, 1.54) is 6.07 Å². The van der Waals surface area contributed by atoms with Crippen molar-refractivity contribution in [2.75, 3.05) is 5.33 Å². The average molecular weight is 330 g/mol. The van der Waals surface area contributed by atoms with Gasteiger partial charge in [0.15, 0.2) is 11.6 Å².